The Labute approximate surface area is 229 Å². The molecule has 4 rings (SSSR count). The van der Waals surface area contributed by atoms with E-state index in [4.69, 9.17) is 17.0 Å². The smallest absolute Gasteiger partial charge is 0.257 e. The molecule has 3 aromatic rings. The molecule has 198 valence electrons. The molecular formula is C30H34N4O3S. The first kappa shape index (κ1) is 27.1. The van der Waals surface area contributed by atoms with Gasteiger partial charge in [0.1, 0.15) is 12.4 Å². The number of carbonyl (C=O) groups excluding carboxylic acids is 2. The minimum absolute atomic E-state index is 0.218. The lowest BCUT2D eigenvalue weighted by Crippen LogP contribution is -2.49. The number of piperazine rings is 1. The summed E-state index contributed by atoms with van der Waals surface area (Å²) in [7, 11) is 0. The van der Waals surface area contributed by atoms with E-state index < -0.39 is 0 Å². The summed E-state index contributed by atoms with van der Waals surface area (Å²) >= 11 is 5.36. The molecule has 38 heavy (non-hydrogen) atoms. The molecule has 2 amide bonds. The van der Waals surface area contributed by atoms with Gasteiger partial charge in [-0.15, -0.1) is 0 Å². The Kier molecular flexibility index (Phi) is 9.32. The number of thiocarbonyl (C=S) groups is 1. The van der Waals surface area contributed by atoms with Crippen molar-refractivity contribution in [1.82, 2.24) is 10.2 Å². The van der Waals surface area contributed by atoms with Gasteiger partial charge in [-0.3, -0.25) is 14.9 Å². The molecule has 0 unspecified atom stereocenters. The van der Waals surface area contributed by atoms with E-state index in [1.807, 2.05) is 65.6 Å². The summed E-state index contributed by atoms with van der Waals surface area (Å²) in [4.78, 5) is 29.3. The van der Waals surface area contributed by atoms with Crippen molar-refractivity contribution < 1.29 is 14.3 Å². The zero-order valence-electron chi connectivity index (χ0n) is 21.9. The number of hydrogen-bond donors (Lipinski definition) is 2. The van der Waals surface area contributed by atoms with Crippen LogP contribution in [-0.2, 0) is 11.4 Å². The first-order chi connectivity index (χ1) is 18.4. The second-order valence-corrected chi connectivity index (χ2v) is 10.1. The first-order valence-corrected chi connectivity index (χ1v) is 13.3. The number of hydrogen-bond acceptors (Lipinski definition) is 5. The highest BCUT2D eigenvalue weighted by atomic mass is 32.1. The summed E-state index contributed by atoms with van der Waals surface area (Å²) in [5.74, 6) is 0.914. The fourth-order valence-electron chi connectivity index (χ4n) is 4.25. The maximum atomic E-state index is 12.7. The number of carbonyl (C=O) groups is 2. The largest absolute Gasteiger partial charge is 0.489 e. The lowest BCUT2D eigenvalue weighted by molar-refractivity contribution is -0.132. The van der Waals surface area contributed by atoms with E-state index in [9.17, 15) is 9.59 Å². The minimum atomic E-state index is -0.311. The molecule has 0 bridgehead atoms. The fraction of sp³-hybridized carbons (Fsp3) is 0.300. The third kappa shape index (κ3) is 7.79. The van der Waals surface area contributed by atoms with Crippen molar-refractivity contribution in [2.24, 2.45) is 5.92 Å². The molecule has 7 nitrogen and oxygen atoms in total. The van der Waals surface area contributed by atoms with E-state index in [1.165, 1.54) is 0 Å². The molecular weight excluding hydrogens is 496 g/mol. The highest BCUT2D eigenvalue weighted by Crippen LogP contribution is 2.20. The second kappa shape index (κ2) is 13.1. The maximum Gasteiger partial charge on any atom is 0.257 e. The molecule has 0 aliphatic carbocycles. The standard InChI is InChI=1S/C30H34N4O3S/c1-22(2)19-28(35)34-17-15-33(16-18-34)26-13-11-25(12-14-26)31-30(38)32-29(36)24-9-6-10-27(20-24)37-21-23-7-4-3-5-8-23/h3-14,20,22H,15-19,21H2,1-2H3,(H2,31,32,36,38). The Hall–Kier alpha value is -3.91. The normalized spacial score (nSPS) is 13.2. The van der Waals surface area contributed by atoms with Gasteiger partial charge in [0, 0.05) is 49.5 Å². The van der Waals surface area contributed by atoms with Gasteiger partial charge < -0.3 is 19.9 Å². The van der Waals surface area contributed by atoms with Gasteiger partial charge in [-0.25, -0.2) is 0 Å². The van der Waals surface area contributed by atoms with Crippen LogP contribution in [0.15, 0.2) is 78.9 Å². The van der Waals surface area contributed by atoms with Crippen LogP contribution in [0.3, 0.4) is 0 Å². The minimum Gasteiger partial charge on any atom is -0.489 e. The van der Waals surface area contributed by atoms with Gasteiger partial charge in [0.2, 0.25) is 5.91 Å². The second-order valence-electron chi connectivity index (χ2n) is 9.72. The maximum absolute atomic E-state index is 12.7. The molecule has 1 fully saturated rings. The Morgan fingerprint density at radius 3 is 2.32 bits per heavy atom. The highest BCUT2D eigenvalue weighted by Gasteiger charge is 2.21. The average Bonchev–Trinajstić information content (AvgIpc) is 2.93. The summed E-state index contributed by atoms with van der Waals surface area (Å²) in [6.07, 6.45) is 0.601. The summed E-state index contributed by atoms with van der Waals surface area (Å²) < 4.78 is 5.83. The van der Waals surface area contributed by atoms with Gasteiger partial charge in [0.15, 0.2) is 5.11 Å². The highest BCUT2D eigenvalue weighted by molar-refractivity contribution is 7.80. The van der Waals surface area contributed by atoms with Crippen LogP contribution in [0.2, 0.25) is 0 Å². The summed E-state index contributed by atoms with van der Waals surface area (Å²) in [5, 5.41) is 6.02. The quantitative estimate of drug-likeness (QED) is 0.396. The van der Waals surface area contributed by atoms with Crippen LogP contribution in [0.25, 0.3) is 0 Å². The monoisotopic (exact) mass is 530 g/mol. The van der Waals surface area contributed by atoms with Crippen molar-refractivity contribution in [2.75, 3.05) is 36.4 Å². The van der Waals surface area contributed by atoms with Crippen LogP contribution in [0.1, 0.15) is 36.2 Å². The summed E-state index contributed by atoms with van der Waals surface area (Å²) in [6.45, 7) is 7.65. The van der Waals surface area contributed by atoms with Gasteiger partial charge in [-0.05, 0) is 66.2 Å². The third-order valence-corrected chi connectivity index (χ3v) is 6.48. The zero-order chi connectivity index (χ0) is 26.9. The SMILES string of the molecule is CC(C)CC(=O)N1CCN(c2ccc(NC(=S)NC(=O)c3cccc(OCc4ccccc4)c3)cc2)CC1. The lowest BCUT2D eigenvalue weighted by Gasteiger charge is -2.36. The van der Waals surface area contributed by atoms with Crippen molar-refractivity contribution in [3.05, 3.63) is 90.0 Å². The Morgan fingerprint density at radius 2 is 1.63 bits per heavy atom. The van der Waals surface area contributed by atoms with E-state index in [1.54, 1.807) is 18.2 Å². The van der Waals surface area contributed by atoms with Crippen molar-refractivity contribution in [3.8, 4) is 5.75 Å². The van der Waals surface area contributed by atoms with E-state index >= 15 is 0 Å². The van der Waals surface area contributed by atoms with Crippen molar-refractivity contribution in [1.29, 1.82) is 0 Å². The fourth-order valence-corrected chi connectivity index (χ4v) is 4.46. The third-order valence-electron chi connectivity index (χ3n) is 6.28. The number of nitrogens with zero attached hydrogens (tertiary/aromatic N) is 2. The Balaban J connectivity index is 1.25. The Morgan fingerprint density at radius 1 is 0.921 bits per heavy atom. The number of anilines is 2. The van der Waals surface area contributed by atoms with Gasteiger partial charge >= 0.3 is 0 Å². The average molecular weight is 531 g/mol. The van der Waals surface area contributed by atoms with E-state index in [2.05, 4.69) is 29.4 Å². The van der Waals surface area contributed by atoms with E-state index in [0.717, 1.165) is 43.1 Å². The van der Waals surface area contributed by atoms with Crippen LogP contribution in [-0.4, -0.2) is 48.0 Å². The molecule has 2 N–H and O–H groups in total. The Bertz CT molecular complexity index is 1240. The zero-order valence-corrected chi connectivity index (χ0v) is 22.7. The van der Waals surface area contributed by atoms with Crippen LogP contribution in [0.4, 0.5) is 11.4 Å². The van der Waals surface area contributed by atoms with Crippen molar-refractivity contribution in [2.45, 2.75) is 26.9 Å². The predicted octanol–water partition coefficient (Wildman–Crippen LogP) is 5.09. The van der Waals surface area contributed by atoms with Crippen molar-refractivity contribution in [3.63, 3.8) is 0 Å². The summed E-state index contributed by atoms with van der Waals surface area (Å²) in [5.41, 5.74) is 3.39. The van der Waals surface area contributed by atoms with Gasteiger partial charge in [0.25, 0.3) is 5.91 Å². The molecule has 8 heteroatoms. The van der Waals surface area contributed by atoms with E-state index in [-0.39, 0.29) is 16.9 Å². The topological polar surface area (TPSA) is 73.9 Å². The molecule has 1 saturated heterocycles. The molecule has 0 radical (unpaired) electrons. The molecule has 1 aliphatic rings. The van der Waals surface area contributed by atoms with Gasteiger partial charge in [0.05, 0.1) is 0 Å². The van der Waals surface area contributed by atoms with Crippen LogP contribution in [0, 0.1) is 5.92 Å². The number of amides is 2. The number of benzene rings is 3. The van der Waals surface area contributed by atoms with Gasteiger partial charge in [-0.2, -0.15) is 0 Å². The van der Waals surface area contributed by atoms with Crippen LogP contribution >= 0.6 is 12.2 Å². The van der Waals surface area contributed by atoms with E-state index in [0.29, 0.717) is 30.3 Å². The summed E-state index contributed by atoms with van der Waals surface area (Å²) in [6, 6.07) is 24.8. The number of ether oxygens (including phenoxy) is 1. The molecule has 0 aromatic heterocycles. The molecule has 3 aromatic carbocycles. The van der Waals surface area contributed by atoms with Crippen LogP contribution in [0.5, 0.6) is 5.75 Å². The predicted molar refractivity (Wildman–Crippen MR) is 156 cm³/mol. The van der Waals surface area contributed by atoms with Crippen molar-refractivity contribution >= 4 is 40.5 Å². The number of rotatable bonds is 8. The molecule has 1 aliphatic heterocycles. The van der Waals surface area contributed by atoms with Crippen LogP contribution < -0.4 is 20.3 Å². The molecule has 1 heterocycles. The first-order valence-electron chi connectivity index (χ1n) is 12.9. The molecule has 0 spiro atoms. The lowest BCUT2D eigenvalue weighted by atomic mass is 10.1. The number of nitrogens with one attached hydrogen (secondary N) is 2. The molecule has 0 atom stereocenters. The van der Waals surface area contributed by atoms with Gasteiger partial charge in [-0.1, -0.05) is 50.2 Å². The molecule has 0 saturated carbocycles.